The highest BCUT2D eigenvalue weighted by Gasteiger charge is 2.46. The molecule has 1 saturated heterocycles. The molecule has 0 bridgehead atoms. The third-order valence-corrected chi connectivity index (χ3v) is 6.00. The van der Waals surface area contributed by atoms with Crippen molar-refractivity contribution in [2.45, 2.75) is 56.7 Å². The van der Waals surface area contributed by atoms with Crippen LogP contribution in [-0.4, -0.2) is 60.8 Å². The zero-order valence-electron chi connectivity index (χ0n) is 11.7. The minimum absolute atomic E-state index is 0.0317. The number of rotatable bonds is 6. The first-order valence-electron chi connectivity index (χ1n) is 6.76. The molecular formula is C12H22F3NO3S. The molecule has 2 atom stereocenters. The summed E-state index contributed by atoms with van der Waals surface area (Å²) in [7, 11) is -3.17. The van der Waals surface area contributed by atoms with E-state index >= 15 is 0 Å². The van der Waals surface area contributed by atoms with Gasteiger partial charge in [0, 0.05) is 6.04 Å². The molecule has 1 fully saturated rings. The van der Waals surface area contributed by atoms with E-state index < -0.39 is 33.4 Å². The number of sulfone groups is 1. The Morgan fingerprint density at radius 3 is 2.45 bits per heavy atom. The predicted molar refractivity (Wildman–Crippen MR) is 70.2 cm³/mol. The van der Waals surface area contributed by atoms with Gasteiger partial charge in [0.15, 0.2) is 15.9 Å². The van der Waals surface area contributed by atoms with Crippen LogP contribution in [0.2, 0.25) is 0 Å². The van der Waals surface area contributed by atoms with Gasteiger partial charge in [0.2, 0.25) is 0 Å². The maximum absolute atomic E-state index is 12.5. The highest BCUT2D eigenvalue weighted by Crippen LogP contribution is 2.30. The van der Waals surface area contributed by atoms with Crippen molar-refractivity contribution < 1.29 is 26.7 Å². The lowest BCUT2D eigenvalue weighted by Gasteiger charge is -2.29. The number of aliphatic hydroxyl groups excluding tert-OH is 1. The maximum atomic E-state index is 12.5. The average molecular weight is 317 g/mol. The molecule has 0 saturated carbocycles. The van der Waals surface area contributed by atoms with E-state index in [1.165, 1.54) is 0 Å². The molecule has 8 heteroatoms. The average Bonchev–Trinajstić information content (AvgIpc) is 2.74. The van der Waals surface area contributed by atoms with Crippen molar-refractivity contribution in [2.24, 2.45) is 0 Å². The minimum Gasteiger partial charge on any atom is -0.382 e. The van der Waals surface area contributed by atoms with Gasteiger partial charge in [0.1, 0.15) is 0 Å². The molecule has 0 unspecified atom stereocenters. The van der Waals surface area contributed by atoms with Crippen LogP contribution in [0.4, 0.5) is 13.2 Å². The molecule has 0 aliphatic carbocycles. The van der Waals surface area contributed by atoms with E-state index in [0.29, 0.717) is 19.4 Å². The Labute approximate surface area is 117 Å². The van der Waals surface area contributed by atoms with Crippen LogP contribution >= 0.6 is 0 Å². The summed E-state index contributed by atoms with van der Waals surface area (Å²) >= 11 is 0. The summed E-state index contributed by atoms with van der Waals surface area (Å²) in [5.74, 6) is -0.0317. The smallest absolute Gasteiger partial charge is 0.382 e. The Hall–Kier alpha value is -0.340. The first-order valence-corrected chi connectivity index (χ1v) is 8.47. The number of hydrogen-bond donors (Lipinski definition) is 1. The van der Waals surface area contributed by atoms with E-state index in [2.05, 4.69) is 0 Å². The molecule has 120 valence electrons. The number of hydrogen-bond acceptors (Lipinski definition) is 4. The minimum atomic E-state index is -4.63. The summed E-state index contributed by atoms with van der Waals surface area (Å²) < 4.78 is 60.8. The maximum Gasteiger partial charge on any atom is 0.415 e. The number of aliphatic hydroxyl groups is 1. The molecule has 0 amide bonds. The summed E-state index contributed by atoms with van der Waals surface area (Å²) in [5.41, 5.74) is 0. The lowest BCUT2D eigenvalue weighted by Crippen LogP contribution is -2.47. The second-order valence-corrected chi connectivity index (χ2v) is 8.18. The van der Waals surface area contributed by atoms with Gasteiger partial charge in [-0.1, -0.05) is 0 Å². The summed E-state index contributed by atoms with van der Waals surface area (Å²) in [5, 5.41) is 8.84. The number of halogens is 3. The van der Waals surface area contributed by atoms with Crippen molar-refractivity contribution in [3.05, 3.63) is 0 Å². The van der Waals surface area contributed by atoms with Gasteiger partial charge >= 0.3 is 6.18 Å². The molecule has 20 heavy (non-hydrogen) atoms. The van der Waals surface area contributed by atoms with Gasteiger partial charge in [0.05, 0.1) is 11.0 Å². The highest BCUT2D eigenvalue weighted by molar-refractivity contribution is 7.91. The predicted octanol–water partition coefficient (Wildman–Crippen LogP) is 1.59. The fourth-order valence-corrected chi connectivity index (χ4v) is 3.41. The molecule has 1 rings (SSSR count). The normalized spacial score (nSPS) is 23.4. The monoisotopic (exact) mass is 317 g/mol. The van der Waals surface area contributed by atoms with Crippen LogP contribution in [-0.2, 0) is 9.84 Å². The Kier molecular flexibility index (Phi) is 5.86. The van der Waals surface area contributed by atoms with Crippen LogP contribution in [0.15, 0.2) is 0 Å². The molecule has 1 N–H and O–H groups in total. The summed E-state index contributed by atoms with van der Waals surface area (Å²) in [6, 6.07) is -0.947. The Morgan fingerprint density at radius 1 is 1.35 bits per heavy atom. The molecule has 0 spiro atoms. The second kappa shape index (κ2) is 6.62. The number of alkyl halides is 3. The van der Waals surface area contributed by atoms with Crippen LogP contribution in [0.1, 0.15) is 33.1 Å². The molecule has 0 radical (unpaired) electrons. The second-order valence-electron chi connectivity index (χ2n) is 5.50. The van der Waals surface area contributed by atoms with Crippen LogP contribution in [0, 0.1) is 0 Å². The Bertz CT molecular complexity index is 409. The van der Waals surface area contributed by atoms with Crippen LogP contribution in [0.25, 0.3) is 0 Å². The fraction of sp³-hybridized carbons (Fsp3) is 1.00. The van der Waals surface area contributed by atoms with E-state index in [9.17, 15) is 26.7 Å². The van der Waals surface area contributed by atoms with Crippen molar-refractivity contribution >= 4 is 9.84 Å². The van der Waals surface area contributed by atoms with Gasteiger partial charge in [0.25, 0.3) is 0 Å². The highest BCUT2D eigenvalue weighted by atomic mass is 32.2. The van der Waals surface area contributed by atoms with E-state index in [-0.39, 0.29) is 18.7 Å². The van der Waals surface area contributed by atoms with Crippen molar-refractivity contribution in [2.75, 3.05) is 18.8 Å². The third-order valence-electron chi connectivity index (χ3n) is 3.71. The first kappa shape index (κ1) is 17.7. The lowest BCUT2D eigenvalue weighted by molar-refractivity contribution is -0.219. The van der Waals surface area contributed by atoms with E-state index in [4.69, 9.17) is 0 Å². The van der Waals surface area contributed by atoms with Gasteiger partial charge < -0.3 is 5.11 Å². The van der Waals surface area contributed by atoms with Gasteiger partial charge in [-0.05, 0) is 46.2 Å². The fourth-order valence-electron chi connectivity index (χ4n) is 2.41. The van der Waals surface area contributed by atoms with Crippen LogP contribution in [0.3, 0.4) is 0 Å². The summed E-state index contributed by atoms with van der Waals surface area (Å²) in [4.78, 5) is 1.55. The van der Waals surface area contributed by atoms with Crippen molar-refractivity contribution in [3.8, 4) is 0 Å². The Morgan fingerprint density at radius 2 is 1.95 bits per heavy atom. The molecular weight excluding hydrogens is 295 g/mol. The molecule has 0 aromatic rings. The molecule has 0 aromatic carbocycles. The van der Waals surface area contributed by atoms with Crippen LogP contribution < -0.4 is 0 Å². The molecule has 1 aliphatic heterocycles. The van der Waals surface area contributed by atoms with Gasteiger partial charge in [-0.2, -0.15) is 13.2 Å². The first-order chi connectivity index (χ1) is 9.05. The number of nitrogens with zero attached hydrogens (tertiary/aromatic N) is 1. The molecule has 1 aliphatic rings. The molecule has 0 aromatic heterocycles. The Balaban J connectivity index is 2.51. The summed E-state index contributed by atoms with van der Waals surface area (Å²) in [6.45, 7) is 3.91. The standard InChI is InChI=1S/C12H22F3NO3S/c1-9(2)20(18,19)8-4-7-16-6-3-5-10(16)11(17)12(13,14)15/h9-11,17H,3-8H2,1-2H3/t10-,11+/m1/s1. The van der Waals surface area contributed by atoms with Crippen molar-refractivity contribution in [3.63, 3.8) is 0 Å². The van der Waals surface area contributed by atoms with Crippen molar-refractivity contribution in [1.29, 1.82) is 0 Å². The topological polar surface area (TPSA) is 57.6 Å². The van der Waals surface area contributed by atoms with E-state index in [1.54, 1.807) is 18.7 Å². The van der Waals surface area contributed by atoms with Gasteiger partial charge in [-0.15, -0.1) is 0 Å². The molecule has 1 heterocycles. The third kappa shape index (κ3) is 4.60. The van der Waals surface area contributed by atoms with Gasteiger partial charge in [-0.25, -0.2) is 8.42 Å². The quantitative estimate of drug-likeness (QED) is 0.808. The van der Waals surface area contributed by atoms with E-state index in [1.807, 2.05) is 0 Å². The zero-order chi connectivity index (χ0) is 15.6. The molecule has 4 nitrogen and oxygen atoms in total. The SMILES string of the molecule is CC(C)S(=O)(=O)CCCN1CCC[C@@H]1[C@H](O)C(F)(F)F. The number of likely N-dealkylation sites (tertiary alicyclic amines) is 1. The summed E-state index contributed by atoms with van der Waals surface area (Å²) in [6.07, 6.45) is -5.81. The van der Waals surface area contributed by atoms with E-state index in [0.717, 1.165) is 0 Å². The largest absolute Gasteiger partial charge is 0.415 e. The lowest BCUT2D eigenvalue weighted by atomic mass is 10.1. The zero-order valence-corrected chi connectivity index (χ0v) is 12.5. The van der Waals surface area contributed by atoms with Gasteiger partial charge in [-0.3, -0.25) is 4.90 Å². The van der Waals surface area contributed by atoms with Crippen molar-refractivity contribution in [1.82, 2.24) is 4.90 Å². The van der Waals surface area contributed by atoms with Crippen LogP contribution in [0.5, 0.6) is 0 Å².